The number of hydrogen-bond donors (Lipinski definition) is 1. The molecule has 3 heterocycles. The maximum absolute atomic E-state index is 12.3. The molecule has 0 aromatic carbocycles. The van der Waals surface area contributed by atoms with Crippen LogP contribution in [0, 0.1) is 0 Å². The largest absolute Gasteiger partial charge is 0.296 e. The molecule has 8 heteroatoms. The second-order valence-electron chi connectivity index (χ2n) is 5.85. The molecule has 3 aromatic rings. The lowest BCUT2D eigenvalue weighted by molar-refractivity contribution is 0.102. The van der Waals surface area contributed by atoms with Gasteiger partial charge in [0.25, 0.3) is 5.91 Å². The Labute approximate surface area is 141 Å². The summed E-state index contributed by atoms with van der Waals surface area (Å²) in [6.07, 6.45) is 3.29. The van der Waals surface area contributed by atoms with Gasteiger partial charge in [-0.25, -0.2) is 19.9 Å². The van der Waals surface area contributed by atoms with Crippen molar-refractivity contribution in [2.45, 2.75) is 26.2 Å². The van der Waals surface area contributed by atoms with Gasteiger partial charge in [0.2, 0.25) is 0 Å². The highest BCUT2D eigenvalue weighted by Crippen LogP contribution is 2.27. The number of amides is 1. The number of hydrogen-bond acceptors (Lipinski definition) is 7. The van der Waals surface area contributed by atoms with Gasteiger partial charge in [0.1, 0.15) is 5.69 Å². The zero-order valence-electron chi connectivity index (χ0n) is 12.9. The van der Waals surface area contributed by atoms with Crippen LogP contribution in [0.15, 0.2) is 29.2 Å². The number of thiazole rings is 2. The van der Waals surface area contributed by atoms with Gasteiger partial charge < -0.3 is 0 Å². The number of anilines is 1. The Hall–Kier alpha value is -2.19. The Balaban J connectivity index is 1.74. The normalized spacial score (nSPS) is 11.4. The van der Waals surface area contributed by atoms with E-state index in [2.05, 4.69) is 46.0 Å². The molecule has 118 valence electrons. The first-order chi connectivity index (χ1) is 10.9. The van der Waals surface area contributed by atoms with Crippen LogP contribution in [0.1, 0.15) is 37.0 Å². The van der Waals surface area contributed by atoms with Crippen molar-refractivity contribution >= 4 is 33.7 Å². The predicted octanol–water partition coefficient (Wildman–Crippen LogP) is 3.61. The summed E-state index contributed by atoms with van der Waals surface area (Å²) < 4.78 is 0. The van der Waals surface area contributed by atoms with Crippen molar-refractivity contribution in [1.82, 2.24) is 19.9 Å². The number of nitrogens with zero attached hydrogens (tertiary/aromatic N) is 4. The van der Waals surface area contributed by atoms with Crippen molar-refractivity contribution in [3.63, 3.8) is 0 Å². The molecule has 3 rings (SSSR count). The van der Waals surface area contributed by atoms with E-state index in [0.29, 0.717) is 21.7 Å². The molecule has 0 radical (unpaired) electrons. The van der Waals surface area contributed by atoms with Crippen LogP contribution in [-0.2, 0) is 5.41 Å². The monoisotopic (exact) mass is 345 g/mol. The van der Waals surface area contributed by atoms with Crippen molar-refractivity contribution < 1.29 is 4.79 Å². The number of rotatable bonds is 3. The van der Waals surface area contributed by atoms with Gasteiger partial charge >= 0.3 is 0 Å². The molecule has 0 fully saturated rings. The van der Waals surface area contributed by atoms with Crippen LogP contribution in [0.5, 0.6) is 0 Å². The van der Waals surface area contributed by atoms with Gasteiger partial charge in [-0.3, -0.25) is 10.1 Å². The number of nitrogens with one attached hydrogen (secondary N) is 1. The standard InChI is InChI=1S/C15H15N5OS2/c1-15(2,3)10-8-23-14(19-10)20-12(21)9-7-22-13(18-9)11-16-5-4-6-17-11/h4-8H,1-3H3,(H,19,20,21). The zero-order valence-corrected chi connectivity index (χ0v) is 14.5. The van der Waals surface area contributed by atoms with Gasteiger partial charge in [-0.15, -0.1) is 22.7 Å². The summed E-state index contributed by atoms with van der Waals surface area (Å²) >= 11 is 2.75. The second kappa shape index (κ2) is 6.13. The van der Waals surface area contributed by atoms with Crippen molar-refractivity contribution in [2.75, 3.05) is 5.32 Å². The summed E-state index contributed by atoms with van der Waals surface area (Å²) in [5, 5.41) is 7.63. The van der Waals surface area contributed by atoms with Crippen LogP contribution in [0.25, 0.3) is 10.8 Å². The smallest absolute Gasteiger partial charge is 0.276 e. The first kappa shape index (κ1) is 15.7. The highest BCUT2D eigenvalue weighted by atomic mass is 32.1. The van der Waals surface area contributed by atoms with Crippen molar-refractivity contribution in [2.24, 2.45) is 0 Å². The highest BCUT2D eigenvalue weighted by Gasteiger charge is 2.19. The van der Waals surface area contributed by atoms with Crippen molar-refractivity contribution in [3.8, 4) is 10.8 Å². The summed E-state index contributed by atoms with van der Waals surface area (Å²) in [6, 6.07) is 1.74. The van der Waals surface area contributed by atoms with Gasteiger partial charge in [0, 0.05) is 28.6 Å². The lowest BCUT2D eigenvalue weighted by Gasteiger charge is -2.14. The van der Waals surface area contributed by atoms with Crippen LogP contribution in [-0.4, -0.2) is 25.8 Å². The molecular weight excluding hydrogens is 330 g/mol. The summed E-state index contributed by atoms with van der Waals surface area (Å²) in [6.45, 7) is 6.25. The van der Waals surface area contributed by atoms with E-state index in [0.717, 1.165) is 5.69 Å². The molecule has 23 heavy (non-hydrogen) atoms. The van der Waals surface area contributed by atoms with Gasteiger partial charge in [0.05, 0.1) is 5.69 Å². The SMILES string of the molecule is CC(C)(C)c1csc(NC(=O)c2csc(-c3ncccn3)n2)n1. The number of aromatic nitrogens is 4. The quantitative estimate of drug-likeness (QED) is 0.784. The zero-order chi connectivity index (χ0) is 16.4. The van der Waals surface area contributed by atoms with Crippen LogP contribution in [0.3, 0.4) is 0 Å². The fourth-order valence-electron chi connectivity index (χ4n) is 1.73. The summed E-state index contributed by atoms with van der Waals surface area (Å²) in [4.78, 5) is 29.3. The average molecular weight is 345 g/mol. The Kier molecular flexibility index (Phi) is 4.18. The van der Waals surface area contributed by atoms with Gasteiger partial charge in [-0.05, 0) is 6.07 Å². The molecule has 1 amide bonds. The third-order valence-electron chi connectivity index (χ3n) is 2.99. The molecule has 1 N–H and O–H groups in total. The molecule has 0 unspecified atom stereocenters. The number of carbonyl (C=O) groups is 1. The number of carbonyl (C=O) groups excluding carboxylic acids is 1. The van der Waals surface area contributed by atoms with Crippen molar-refractivity contribution in [3.05, 3.63) is 40.6 Å². The minimum atomic E-state index is -0.279. The van der Waals surface area contributed by atoms with E-state index >= 15 is 0 Å². The minimum Gasteiger partial charge on any atom is -0.296 e. The lowest BCUT2D eigenvalue weighted by atomic mass is 9.93. The van der Waals surface area contributed by atoms with E-state index in [-0.39, 0.29) is 11.3 Å². The molecule has 0 aliphatic heterocycles. The predicted molar refractivity (Wildman–Crippen MR) is 91.9 cm³/mol. The fourth-order valence-corrected chi connectivity index (χ4v) is 3.40. The van der Waals surface area contributed by atoms with Crippen molar-refractivity contribution in [1.29, 1.82) is 0 Å². The summed E-state index contributed by atoms with van der Waals surface area (Å²) in [7, 11) is 0. The Bertz CT molecular complexity index is 820. The molecule has 0 spiro atoms. The minimum absolute atomic E-state index is 0.0437. The second-order valence-corrected chi connectivity index (χ2v) is 7.57. The molecule has 3 aromatic heterocycles. The molecule has 6 nitrogen and oxygen atoms in total. The molecule has 0 atom stereocenters. The molecule has 0 bridgehead atoms. The Morgan fingerprint density at radius 2 is 1.83 bits per heavy atom. The van der Waals surface area contributed by atoms with Crippen LogP contribution >= 0.6 is 22.7 Å². The first-order valence-corrected chi connectivity index (χ1v) is 8.70. The Morgan fingerprint density at radius 1 is 1.09 bits per heavy atom. The maximum Gasteiger partial charge on any atom is 0.276 e. The topological polar surface area (TPSA) is 80.7 Å². The highest BCUT2D eigenvalue weighted by molar-refractivity contribution is 7.14. The van der Waals surface area contributed by atoms with Gasteiger partial charge in [0.15, 0.2) is 16.0 Å². The Morgan fingerprint density at radius 3 is 2.48 bits per heavy atom. The molecule has 0 saturated heterocycles. The first-order valence-electron chi connectivity index (χ1n) is 6.94. The van der Waals surface area contributed by atoms with Gasteiger partial charge in [-0.1, -0.05) is 20.8 Å². The molecule has 0 aliphatic rings. The van der Waals surface area contributed by atoms with Crippen LogP contribution < -0.4 is 5.32 Å². The van der Waals surface area contributed by atoms with E-state index < -0.39 is 0 Å². The summed E-state index contributed by atoms with van der Waals surface area (Å²) in [5.74, 6) is 0.235. The van der Waals surface area contributed by atoms with E-state index in [9.17, 15) is 4.79 Å². The molecular formula is C15H15N5OS2. The lowest BCUT2D eigenvalue weighted by Crippen LogP contribution is -2.14. The molecule has 0 saturated carbocycles. The van der Waals surface area contributed by atoms with E-state index in [4.69, 9.17) is 0 Å². The third-order valence-corrected chi connectivity index (χ3v) is 4.58. The van der Waals surface area contributed by atoms with E-state index in [1.54, 1.807) is 23.8 Å². The molecule has 0 aliphatic carbocycles. The maximum atomic E-state index is 12.3. The van der Waals surface area contributed by atoms with E-state index in [1.807, 2.05) is 5.38 Å². The average Bonchev–Trinajstić information content (AvgIpc) is 3.16. The summed E-state index contributed by atoms with van der Waals surface area (Å²) in [5.41, 5.74) is 1.25. The van der Waals surface area contributed by atoms with Gasteiger partial charge in [-0.2, -0.15) is 0 Å². The van der Waals surface area contributed by atoms with Crippen LogP contribution in [0.2, 0.25) is 0 Å². The van der Waals surface area contributed by atoms with E-state index in [1.165, 1.54) is 22.7 Å². The van der Waals surface area contributed by atoms with Crippen LogP contribution in [0.4, 0.5) is 5.13 Å². The third kappa shape index (κ3) is 3.59. The fraction of sp³-hybridized carbons (Fsp3) is 0.267.